The fraction of sp³-hybridized carbons (Fsp3) is 0.500. The molecule has 2 aromatic rings. The Morgan fingerprint density at radius 3 is 2.63 bits per heavy atom. The van der Waals surface area contributed by atoms with Crippen molar-refractivity contribution in [2.75, 3.05) is 11.9 Å². The molecule has 0 spiro atoms. The van der Waals surface area contributed by atoms with Crippen molar-refractivity contribution in [3.05, 3.63) is 40.5 Å². The smallest absolute Gasteiger partial charge is 0.254 e. The highest BCUT2D eigenvalue weighted by Gasteiger charge is 2.16. The average molecular weight is 392 g/mol. The van der Waals surface area contributed by atoms with Crippen molar-refractivity contribution in [3.8, 4) is 5.88 Å². The maximum absolute atomic E-state index is 13.6. The summed E-state index contributed by atoms with van der Waals surface area (Å²) < 4.78 is 13.6. The lowest BCUT2D eigenvalue weighted by atomic mass is 9.97. The Hall–Kier alpha value is -2.15. The van der Waals surface area contributed by atoms with E-state index in [1.807, 2.05) is 0 Å². The molecule has 3 rings (SSSR count). The van der Waals surface area contributed by atoms with E-state index in [2.05, 4.69) is 15.6 Å². The molecule has 146 valence electrons. The third-order valence-electron chi connectivity index (χ3n) is 4.87. The predicted octanol–water partition coefficient (Wildman–Crippen LogP) is 4.49. The minimum Gasteiger partial charge on any atom is -0.492 e. The third-order valence-corrected chi connectivity index (χ3v) is 5.90. The van der Waals surface area contributed by atoms with Gasteiger partial charge in [-0.1, -0.05) is 55.6 Å². The van der Waals surface area contributed by atoms with E-state index in [1.165, 1.54) is 55.6 Å². The van der Waals surface area contributed by atoms with Crippen molar-refractivity contribution in [2.24, 2.45) is 0 Å². The van der Waals surface area contributed by atoms with E-state index in [0.29, 0.717) is 19.0 Å². The number of nitrogens with zero attached hydrogens (tertiary/aromatic N) is 1. The molecule has 0 atom stereocenters. The largest absolute Gasteiger partial charge is 0.492 e. The predicted molar refractivity (Wildman–Crippen MR) is 106 cm³/mol. The summed E-state index contributed by atoms with van der Waals surface area (Å²) in [5.41, 5.74) is 0.0256. The van der Waals surface area contributed by atoms with Gasteiger partial charge >= 0.3 is 0 Å². The molecule has 1 aromatic heterocycles. The van der Waals surface area contributed by atoms with Gasteiger partial charge in [-0.25, -0.2) is 4.39 Å². The van der Waals surface area contributed by atoms with Crippen LogP contribution in [0.25, 0.3) is 0 Å². The van der Waals surface area contributed by atoms with Crippen LogP contribution < -0.4 is 10.6 Å². The number of rotatable bonds is 6. The van der Waals surface area contributed by atoms with E-state index in [1.54, 1.807) is 12.1 Å². The fourth-order valence-corrected chi connectivity index (χ4v) is 4.31. The number of nitrogens with one attached hydrogen (secondary N) is 2. The summed E-state index contributed by atoms with van der Waals surface area (Å²) in [4.78, 5) is 17.0. The number of carbonyl (C=O) groups is 1. The van der Waals surface area contributed by atoms with Crippen LogP contribution in [0, 0.1) is 5.82 Å². The van der Waals surface area contributed by atoms with Gasteiger partial charge in [0.1, 0.15) is 5.82 Å². The molecular weight excluding hydrogens is 365 g/mol. The number of hydrogen-bond acceptors (Lipinski definition) is 5. The highest BCUT2D eigenvalue weighted by atomic mass is 32.1. The van der Waals surface area contributed by atoms with Crippen molar-refractivity contribution in [2.45, 2.75) is 57.4 Å². The van der Waals surface area contributed by atoms with Crippen LogP contribution in [0.5, 0.6) is 5.88 Å². The quantitative estimate of drug-likeness (QED) is 0.678. The molecule has 1 aliphatic rings. The molecule has 1 aromatic carbocycles. The van der Waals surface area contributed by atoms with E-state index >= 15 is 0 Å². The molecule has 1 amide bonds. The van der Waals surface area contributed by atoms with Crippen molar-refractivity contribution in [1.29, 1.82) is 0 Å². The van der Waals surface area contributed by atoms with Gasteiger partial charge in [-0.3, -0.25) is 4.79 Å². The molecule has 0 aliphatic heterocycles. The first kappa shape index (κ1) is 19.6. The zero-order valence-electron chi connectivity index (χ0n) is 15.3. The van der Waals surface area contributed by atoms with Gasteiger partial charge in [-0.05, 0) is 25.0 Å². The Morgan fingerprint density at radius 1 is 1.19 bits per heavy atom. The number of carbonyl (C=O) groups excluding carboxylic acids is 1. The summed E-state index contributed by atoms with van der Waals surface area (Å²) in [6.07, 6.45) is 9.07. The summed E-state index contributed by atoms with van der Waals surface area (Å²) in [7, 11) is 0. The van der Waals surface area contributed by atoms with Crippen LogP contribution in [0.15, 0.2) is 24.3 Å². The zero-order chi connectivity index (χ0) is 19.1. The van der Waals surface area contributed by atoms with Gasteiger partial charge in [0, 0.05) is 19.0 Å². The van der Waals surface area contributed by atoms with Crippen molar-refractivity contribution in [1.82, 2.24) is 10.3 Å². The van der Waals surface area contributed by atoms with Gasteiger partial charge in [0.2, 0.25) is 5.88 Å². The monoisotopic (exact) mass is 391 g/mol. The summed E-state index contributed by atoms with van der Waals surface area (Å²) in [5.74, 6) is -0.986. The SMILES string of the molecule is O=C(NCCc1sc(NC2CCCCCCC2)nc1O)c1ccccc1F. The first-order valence-corrected chi connectivity index (χ1v) is 10.4. The molecule has 1 heterocycles. The maximum Gasteiger partial charge on any atom is 0.254 e. The summed E-state index contributed by atoms with van der Waals surface area (Å²) in [5, 5.41) is 16.9. The van der Waals surface area contributed by atoms with E-state index in [-0.39, 0.29) is 11.4 Å². The fourth-order valence-electron chi connectivity index (χ4n) is 3.37. The Morgan fingerprint density at radius 2 is 1.89 bits per heavy atom. The van der Waals surface area contributed by atoms with E-state index in [9.17, 15) is 14.3 Å². The van der Waals surface area contributed by atoms with Gasteiger partial charge in [-0.15, -0.1) is 0 Å². The molecule has 0 saturated heterocycles. The van der Waals surface area contributed by atoms with Gasteiger partial charge < -0.3 is 15.7 Å². The molecule has 5 nitrogen and oxygen atoms in total. The molecule has 0 radical (unpaired) electrons. The number of aromatic hydroxyl groups is 1. The zero-order valence-corrected chi connectivity index (χ0v) is 16.2. The molecule has 1 aliphatic carbocycles. The van der Waals surface area contributed by atoms with Gasteiger partial charge in [0.15, 0.2) is 5.13 Å². The van der Waals surface area contributed by atoms with Gasteiger partial charge in [-0.2, -0.15) is 4.98 Å². The molecule has 1 fully saturated rings. The topological polar surface area (TPSA) is 74.2 Å². The Balaban J connectivity index is 1.50. The van der Waals surface area contributed by atoms with Crippen LogP contribution in [0.2, 0.25) is 0 Å². The van der Waals surface area contributed by atoms with Crippen LogP contribution in [-0.4, -0.2) is 28.6 Å². The van der Waals surface area contributed by atoms with Crippen molar-refractivity contribution in [3.63, 3.8) is 0 Å². The lowest BCUT2D eigenvalue weighted by Crippen LogP contribution is -2.26. The first-order valence-electron chi connectivity index (χ1n) is 9.61. The Bertz CT molecular complexity index is 757. The number of thiazole rings is 1. The summed E-state index contributed by atoms with van der Waals surface area (Å²) in [6.45, 7) is 0.311. The highest BCUT2D eigenvalue weighted by Crippen LogP contribution is 2.30. The third kappa shape index (κ3) is 5.66. The molecule has 1 saturated carbocycles. The maximum atomic E-state index is 13.6. The van der Waals surface area contributed by atoms with Crippen LogP contribution in [0.4, 0.5) is 9.52 Å². The number of anilines is 1. The molecule has 0 unspecified atom stereocenters. The standard InChI is InChI=1S/C20H26FN3O2S/c21-16-11-7-6-10-15(16)18(25)22-13-12-17-19(26)24-20(27-17)23-14-8-4-2-1-3-5-9-14/h6-7,10-11,14,26H,1-5,8-9,12-13H2,(H,22,25)(H,23,24). The van der Waals surface area contributed by atoms with Crippen LogP contribution >= 0.6 is 11.3 Å². The average Bonchev–Trinajstić information content (AvgIpc) is 2.97. The van der Waals surface area contributed by atoms with Gasteiger partial charge in [0.05, 0.1) is 10.4 Å². The number of amides is 1. The summed E-state index contributed by atoms with van der Waals surface area (Å²) >= 11 is 1.42. The van der Waals surface area contributed by atoms with Crippen molar-refractivity contribution >= 4 is 22.4 Å². The Labute approximate surface area is 163 Å². The van der Waals surface area contributed by atoms with Gasteiger partial charge in [0.25, 0.3) is 5.91 Å². The highest BCUT2D eigenvalue weighted by molar-refractivity contribution is 7.15. The Kier molecular flexibility index (Phi) is 7.04. The van der Waals surface area contributed by atoms with Crippen molar-refractivity contribution < 1.29 is 14.3 Å². The van der Waals surface area contributed by atoms with Crippen LogP contribution in [0.3, 0.4) is 0 Å². The molecule has 27 heavy (non-hydrogen) atoms. The second-order valence-corrected chi connectivity index (χ2v) is 8.02. The molecule has 0 bridgehead atoms. The van der Waals surface area contributed by atoms with E-state index < -0.39 is 11.7 Å². The lowest BCUT2D eigenvalue weighted by Gasteiger charge is -2.20. The first-order chi connectivity index (χ1) is 13.1. The minimum absolute atomic E-state index is 0.00786. The van der Waals surface area contributed by atoms with E-state index in [4.69, 9.17) is 0 Å². The number of aromatic nitrogens is 1. The van der Waals surface area contributed by atoms with E-state index in [0.717, 1.165) is 22.9 Å². The second-order valence-electron chi connectivity index (χ2n) is 6.94. The molecule has 7 heteroatoms. The molecule has 3 N–H and O–H groups in total. The minimum atomic E-state index is -0.540. The summed E-state index contributed by atoms with van der Waals surface area (Å²) in [6, 6.07) is 6.29. The molecular formula is C20H26FN3O2S. The lowest BCUT2D eigenvalue weighted by molar-refractivity contribution is 0.0950. The second kappa shape index (κ2) is 9.69. The van der Waals surface area contributed by atoms with Crippen LogP contribution in [-0.2, 0) is 6.42 Å². The number of halogens is 1. The number of hydrogen-bond donors (Lipinski definition) is 3. The number of benzene rings is 1. The normalized spacial score (nSPS) is 15.7. The van der Waals surface area contributed by atoms with Crippen LogP contribution in [0.1, 0.15) is 60.2 Å².